The first kappa shape index (κ1) is 14.5. The number of aliphatic carboxylic acids is 1. The van der Waals surface area contributed by atoms with Crippen LogP contribution in [0.4, 0.5) is 4.79 Å². The molecule has 7 nitrogen and oxygen atoms in total. The molecule has 0 saturated heterocycles. The molecule has 7 heteroatoms. The minimum atomic E-state index is -1.33. The lowest BCUT2D eigenvalue weighted by Crippen LogP contribution is -2.47. The molecule has 0 aliphatic rings. The molecule has 0 fully saturated rings. The van der Waals surface area contributed by atoms with Gasteiger partial charge in [0.2, 0.25) is 5.91 Å². The summed E-state index contributed by atoms with van der Waals surface area (Å²) in [5.74, 6) is -2.11. The van der Waals surface area contributed by atoms with Crippen molar-refractivity contribution in [1.29, 1.82) is 0 Å². The van der Waals surface area contributed by atoms with E-state index in [4.69, 9.17) is 10.8 Å². The van der Waals surface area contributed by atoms with Crippen LogP contribution >= 0.6 is 0 Å². The summed E-state index contributed by atoms with van der Waals surface area (Å²) in [5, 5.41) is 13.5. The van der Waals surface area contributed by atoms with Crippen LogP contribution in [0.5, 0.6) is 0 Å². The molecule has 102 valence electrons. The molecule has 0 aliphatic carbocycles. The third-order valence-corrected chi connectivity index (χ3v) is 2.30. The first-order chi connectivity index (χ1) is 8.99. The first-order valence-corrected chi connectivity index (χ1v) is 5.58. The Bertz CT molecular complexity index is 461. The number of carboxylic acid groups (broad SMARTS) is 1. The minimum Gasteiger partial charge on any atom is -0.480 e. The van der Waals surface area contributed by atoms with Crippen molar-refractivity contribution in [2.24, 2.45) is 5.73 Å². The molecule has 0 spiro atoms. The number of benzene rings is 1. The second-order valence-electron chi connectivity index (χ2n) is 3.87. The van der Waals surface area contributed by atoms with E-state index in [2.05, 4.69) is 10.6 Å². The van der Waals surface area contributed by atoms with Crippen molar-refractivity contribution in [3.05, 3.63) is 35.9 Å². The maximum atomic E-state index is 11.5. The molecular formula is C12H15N3O4. The van der Waals surface area contributed by atoms with Gasteiger partial charge in [0, 0.05) is 6.54 Å². The number of urea groups is 1. The quantitative estimate of drug-likeness (QED) is 0.569. The summed E-state index contributed by atoms with van der Waals surface area (Å²) in [6.07, 6.45) is -0.450. The number of hydrogen-bond acceptors (Lipinski definition) is 3. The number of hydrogen-bond donors (Lipinski definition) is 4. The standard InChI is InChI=1S/C12H15N3O4/c13-10(16)6-9(11(17)18)15-12(19)14-7-8-4-2-1-3-5-8/h1-5,9H,6-7H2,(H2,13,16)(H,17,18)(H2,14,15,19)/t9-/m1/s1. The Balaban J connectivity index is 2.45. The van der Waals surface area contributed by atoms with Gasteiger partial charge in [-0.1, -0.05) is 30.3 Å². The van der Waals surface area contributed by atoms with E-state index in [1.54, 1.807) is 0 Å². The van der Waals surface area contributed by atoms with Crippen molar-refractivity contribution < 1.29 is 19.5 Å². The first-order valence-electron chi connectivity index (χ1n) is 5.58. The third kappa shape index (κ3) is 5.53. The second-order valence-corrected chi connectivity index (χ2v) is 3.87. The Morgan fingerprint density at radius 2 is 1.84 bits per heavy atom. The van der Waals surface area contributed by atoms with Gasteiger partial charge in [-0.3, -0.25) is 4.79 Å². The van der Waals surface area contributed by atoms with Gasteiger partial charge in [0.15, 0.2) is 0 Å². The predicted molar refractivity (Wildman–Crippen MR) is 67.0 cm³/mol. The average Bonchev–Trinajstić information content (AvgIpc) is 2.36. The number of rotatable bonds is 6. The lowest BCUT2D eigenvalue weighted by molar-refractivity contribution is -0.140. The van der Waals surface area contributed by atoms with Crippen LogP contribution in [0.15, 0.2) is 30.3 Å². The topological polar surface area (TPSA) is 122 Å². The number of nitrogens with two attached hydrogens (primary N) is 1. The molecule has 19 heavy (non-hydrogen) atoms. The van der Waals surface area contributed by atoms with Crippen LogP contribution in [-0.2, 0) is 16.1 Å². The number of carbonyl (C=O) groups is 3. The van der Waals surface area contributed by atoms with Crippen molar-refractivity contribution in [3.63, 3.8) is 0 Å². The molecule has 3 amide bonds. The Kier molecular flexibility index (Phi) is 5.34. The van der Waals surface area contributed by atoms with Crippen LogP contribution < -0.4 is 16.4 Å². The zero-order valence-electron chi connectivity index (χ0n) is 10.1. The van der Waals surface area contributed by atoms with E-state index in [0.717, 1.165) is 5.56 Å². The van der Waals surface area contributed by atoms with E-state index in [9.17, 15) is 14.4 Å². The minimum absolute atomic E-state index is 0.260. The van der Waals surface area contributed by atoms with Gasteiger partial charge in [-0.25, -0.2) is 9.59 Å². The largest absolute Gasteiger partial charge is 0.480 e. The molecule has 0 unspecified atom stereocenters. The summed E-state index contributed by atoms with van der Waals surface area (Å²) >= 11 is 0. The van der Waals surface area contributed by atoms with Crippen LogP contribution in [0.1, 0.15) is 12.0 Å². The number of carboxylic acids is 1. The molecule has 5 N–H and O–H groups in total. The van der Waals surface area contributed by atoms with Crippen LogP contribution in [0.2, 0.25) is 0 Å². The Labute approximate surface area is 109 Å². The Hall–Kier alpha value is -2.57. The molecular weight excluding hydrogens is 250 g/mol. The molecule has 0 radical (unpaired) electrons. The fourth-order valence-corrected chi connectivity index (χ4v) is 1.39. The molecule has 1 atom stereocenters. The zero-order valence-corrected chi connectivity index (χ0v) is 10.1. The van der Waals surface area contributed by atoms with Crippen LogP contribution in [0, 0.1) is 0 Å². The van der Waals surface area contributed by atoms with E-state index in [-0.39, 0.29) is 6.54 Å². The van der Waals surface area contributed by atoms with E-state index in [1.807, 2.05) is 30.3 Å². The van der Waals surface area contributed by atoms with Crippen LogP contribution in [0.25, 0.3) is 0 Å². The van der Waals surface area contributed by atoms with Gasteiger partial charge in [0.25, 0.3) is 0 Å². The summed E-state index contributed by atoms with van der Waals surface area (Å²) in [4.78, 5) is 32.9. The Morgan fingerprint density at radius 1 is 1.21 bits per heavy atom. The van der Waals surface area contributed by atoms with Crippen LogP contribution in [0.3, 0.4) is 0 Å². The fraction of sp³-hybridized carbons (Fsp3) is 0.250. The summed E-state index contributed by atoms with van der Waals surface area (Å²) in [7, 11) is 0. The summed E-state index contributed by atoms with van der Waals surface area (Å²) in [6, 6.07) is 7.13. The summed E-state index contributed by atoms with van der Waals surface area (Å²) in [5.41, 5.74) is 5.77. The zero-order chi connectivity index (χ0) is 14.3. The average molecular weight is 265 g/mol. The van der Waals surface area contributed by atoms with Crippen molar-refractivity contribution in [2.45, 2.75) is 19.0 Å². The third-order valence-electron chi connectivity index (χ3n) is 2.30. The predicted octanol–water partition coefficient (Wildman–Crippen LogP) is -0.186. The molecule has 1 aromatic carbocycles. The lowest BCUT2D eigenvalue weighted by Gasteiger charge is -2.13. The van der Waals surface area contributed by atoms with Gasteiger partial charge in [-0.15, -0.1) is 0 Å². The van der Waals surface area contributed by atoms with Gasteiger partial charge in [-0.2, -0.15) is 0 Å². The molecule has 0 saturated carbocycles. The summed E-state index contributed by atoms with van der Waals surface area (Å²) < 4.78 is 0. The van der Waals surface area contributed by atoms with Gasteiger partial charge in [-0.05, 0) is 5.56 Å². The summed E-state index contributed by atoms with van der Waals surface area (Å²) in [6.45, 7) is 0.260. The molecule has 1 rings (SSSR count). The normalized spacial score (nSPS) is 11.4. The SMILES string of the molecule is NC(=O)C[C@@H](NC(=O)NCc1ccccc1)C(=O)O. The molecule has 0 bridgehead atoms. The number of nitrogens with one attached hydrogen (secondary N) is 2. The van der Waals surface area contributed by atoms with E-state index in [0.29, 0.717) is 0 Å². The van der Waals surface area contributed by atoms with Crippen molar-refractivity contribution in [3.8, 4) is 0 Å². The fourth-order valence-electron chi connectivity index (χ4n) is 1.39. The van der Waals surface area contributed by atoms with Crippen molar-refractivity contribution >= 4 is 17.9 Å². The molecule has 0 aliphatic heterocycles. The van der Waals surface area contributed by atoms with Gasteiger partial charge < -0.3 is 21.5 Å². The van der Waals surface area contributed by atoms with Crippen molar-refractivity contribution in [2.75, 3.05) is 0 Å². The van der Waals surface area contributed by atoms with Crippen molar-refractivity contribution in [1.82, 2.24) is 10.6 Å². The maximum absolute atomic E-state index is 11.5. The highest BCUT2D eigenvalue weighted by molar-refractivity contribution is 5.87. The monoisotopic (exact) mass is 265 g/mol. The highest BCUT2D eigenvalue weighted by Gasteiger charge is 2.21. The molecule has 1 aromatic rings. The number of primary amides is 1. The smallest absolute Gasteiger partial charge is 0.326 e. The number of carbonyl (C=O) groups excluding carboxylic acids is 2. The lowest BCUT2D eigenvalue weighted by atomic mass is 10.2. The Morgan fingerprint density at radius 3 is 2.37 bits per heavy atom. The molecule has 0 aromatic heterocycles. The van der Waals surface area contributed by atoms with Gasteiger partial charge >= 0.3 is 12.0 Å². The highest BCUT2D eigenvalue weighted by atomic mass is 16.4. The van der Waals surface area contributed by atoms with Gasteiger partial charge in [0.05, 0.1) is 6.42 Å². The second kappa shape index (κ2) is 7.00. The van der Waals surface area contributed by atoms with Gasteiger partial charge in [0.1, 0.15) is 6.04 Å². The maximum Gasteiger partial charge on any atom is 0.326 e. The molecule has 0 heterocycles. The van der Waals surface area contributed by atoms with E-state index >= 15 is 0 Å². The van der Waals surface area contributed by atoms with Crippen LogP contribution in [-0.4, -0.2) is 29.1 Å². The van der Waals surface area contributed by atoms with E-state index in [1.165, 1.54) is 0 Å². The number of amides is 3. The van der Waals surface area contributed by atoms with E-state index < -0.39 is 30.4 Å². The highest BCUT2D eigenvalue weighted by Crippen LogP contribution is 1.97.